The Kier molecular flexibility index (Phi) is 11.4. The molecule has 0 aromatic carbocycles. The number of hydrogen-bond acceptors (Lipinski definition) is 8. The Hall–Kier alpha value is -2.64. The predicted molar refractivity (Wildman–Crippen MR) is 147 cm³/mol. The number of anilines is 1. The molecule has 0 bridgehead atoms. The number of hydrogen-bond donors (Lipinski definition) is 3. The van der Waals surface area contributed by atoms with Crippen LogP contribution < -0.4 is 15.4 Å². The summed E-state index contributed by atoms with van der Waals surface area (Å²) in [5.74, 6) is 1.01. The van der Waals surface area contributed by atoms with Crippen molar-refractivity contribution in [1.29, 1.82) is 0 Å². The van der Waals surface area contributed by atoms with E-state index in [0.717, 1.165) is 19.3 Å². The van der Waals surface area contributed by atoms with E-state index in [-0.39, 0.29) is 40.3 Å². The van der Waals surface area contributed by atoms with Gasteiger partial charge in [-0.15, -0.1) is 0 Å². The smallest absolute Gasteiger partial charge is 0.387 e. The third-order valence-electron chi connectivity index (χ3n) is 7.31. The van der Waals surface area contributed by atoms with Crippen molar-refractivity contribution in [3.8, 4) is 17.0 Å². The first-order chi connectivity index (χ1) is 19.0. The molecule has 0 radical (unpaired) electrons. The van der Waals surface area contributed by atoms with Crippen molar-refractivity contribution in [3.05, 3.63) is 23.0 Å². The average Bonchev–Trinajstić information content (AvgIpc) is 3.65. The number of aryl methyl sites for hydroxylation is 1. The Morgan fingerprint density at radius 3 is 2.52 bits per heavy atom. The van der Waals surface area contributed by atoms with E-state index in [2.05, 4.69) is 27.6 Å². The van der Waals surface area contributed by atoms with Gasteiger partial charge in [-0.25, -0.2) is 4.98 Å². The first kappa shape index (κ1) is 31.9. The second-order valence-corrected chi connectivity index (χ2v) is 11.2. The molecule has 1 atom stereocenters. The van der Waals surface area contributed by atoms with E-state index in [1.54, 1.807) is 6.92 Å². The van der Waals surface area contributed by atoms with Gasteiger partial charge >= 0.3 is 18.2 Å². The lowest BCUT2D eigenvalue weighted by Crippen LogP contribution is -2.45. The van der Waals surface area contributed by atoms with Crippen LogP contribution in [0.5, 0.6) is 5.75 Å². The molecule has 2 aromatic rings. The molecule has 2 aliphatic carbocycles. The van der Waals surface area contributed by atoms with Gasteiger partial charge in [-0.1, -0.05) is 31.4 Å². The largest absolute Gasteiger partial charge is 0.434 e. The Bertz CT molecular complexity index is 1200. The number of nitrogens with zero attached hydrogens (tertiary/aromatic N) is 3. The zero-order valence-electron chi connectivity index (χ0n) is 22.8. The fourth-order valence-electron chi connectivity index (χ4n) is 4.93. The monoisotopic (exact) mass is 603 g/mol. The summed E-state index contributed by atoms with van der Waals surface area (Å²) < 4.78 is 49.6. The molecule has 2 aliphatic rings. The van der Waals surface area contributed by atoms with E-state index in [9.17, 15) is 18.7 Å². The third-order valence-corrected chi connectivity index (χ3v) is 7.67. The molecule has 1 unspecified atom stereocenters. The number of nitrogens with one attached hydrogen (secondary N) is 2. The highest BCUT2D eigenvalue weighted by molar-refractivity contribution is 7.51. The van der Waals surface area contributed by atoms with Crippen molar-refractivity contribution in [2.24, 2.45) is 11.8 Å². The number of ether oxygens (including phenoxy) is 1. The SMILES string of the molecule is CCn1nc(C(=O)NCC2(O)CCC(C)CC2)c(Cl)c1-c1cnc(NC(C)CC2CC2)cc1OC(F)F.O=S=O. The Labute approximate surface area is 240 Å². The number of pyridine rings is 1. The number of carbonyl (C=O) groups excluding carboxylic acids is 1. The minimum Gasteiger partial charge on any atom is -0.434 e. The molecule has 0 saturated heterocycles. The highest BCUT2D eigenvalue weighted by atomic mass is 35.5. The Morgan fingerprint density at radius 2 is 1.95 bits per heavy atom. The maximum absolute atomic E-state index is 13.3. The quantitative estimate of drug-likeness (QED) is 0.333. The van der Waals surface area contributed by atoms with Crippen molar-refractivity contribution in [2.75, 3.05) is 11.9 Å². The van der Waals surface area contributed by atoms with Crippen molar-refractivity contribution in [3.63, 3.8) is 0 Å². The molecule has 10 nitrogen and oxygen atoms in total. The van der Waals surface area contributed by atoms with Crippen molar-refractivity contribution < 1.29 is 31.8 Å². The molecule has 1 amide bonds. The normalized spacial score (nSPS) is 21.2. The number of rotatable bonds is 11. The van der Waals surface area contributed by atoms with Gasteiger partial charge in [0.2, 0.25) is 0 Å². The number of amides is 1. The van der Waals surface area contributed by atoms with Crippen LogP contribution in [0.2, 0.25) is 5.02 Å². The second kappa shape index (κ2) is 14.3. The van der Waals surface area contributed by atoms with Crippen molar-refractivity contribution in [1.82, 2.24) is 20.1 Å². The molecule has 14 heteroatoms. The van der Waals surface area contributed by atoms with Crippen LogP contribution in [0.15, 0.2) is 12.3 Å². The lowest BCUT2D eigenvalue weighted by Gasteiger charge is -2.34. The first-order valence-corrected chi connectivity index (χ1v) is 14.4. The highest BCUT2D eigenvalue weighted by Gasteiger charge is 2.33. The van der Waals surface area contributed by atoms with Crippen LogP contribution in [0.4, 0.5) is 14.6 Å². The summed E-state index contributed by atoms with van der Waals surface area (Å²) in [7, 11) is 0. The van der Waals surface area contributed by atoms with E-state index in [1.807, 2.05) is 6.92 Å². The molecule has 0 spiro atoms. The van der Waals surface area contributed by atoms with Crippen LogP contribution in [-0.2, 0) is 18.1 Å². The van der Waals surface area contributed by atoms with E-state index in [1.165, 1.54) is 29.8 Å². The van der Waals surface area contributed by atoms with Gasteiger partial charge in [0.25, 0.3) is 5.91 Å². The summed E-state index contributed by atoms with van der Waals surface area (Å²) in [6.07, 6.45) is 7.82. The average molecular weight is 604 g/mol. The molecular formula is C26H36ClF2N5O5S. The molecule has 40 heavy (non-hydrogen) atoms. The van der Waals surface area contributed by atoms with Crippen LogP contribution in [0.3, 0.4) is 0 Å². The van der Waals surface area contributed by atoms with Gasteiger partial charge in [0.1, 0.15) is 11.6 Å². The van der Waals surface area contributed by atoms with Crippen LogP contribution in [0.25, 0.3) is 11.3 Å². The van der Waals surface area contributed by atoms with E-state index in [4.69, 9.17) is 24.8 Å². The van der Waals surface area contributed by atoms with Gasteiger partial charge in [0.05, 0.1) is 21.9 Å². The summed E-state index contributed by atoms with van der Waals surface area (Å²) in [4.78, 5) is 17.4. The van der Waals surface area contributed by atoms with E-state index < -0.39 is 29.7 Å². The summed E-state index contributed by atoms with van der Waals surface area (Å²) in [6.45, 7) is 3.34. The molecule has 0 aliphatic heterocycles. The van der Waals surface area contributed by atoms with Crippen molar-refractivity contribution in [2.45, 2.75) is 90.5 Å². The van der Waals surface area contributed by atoms with Gasteiger partial charge in [-0.3, -0.25) is 9.48 Å². The second-order valence-electron chi connectivity index (χ2n) is 10.7. The number of alkyl halides is 2. The topological polar surface area (TPSA) is 135 Å². The predicted octanol–water partition coefficient (Wildman–Crippen LogP) is 4.82. The first-order valence-electron chi connectivity index (χ1n) is 13.4. The van der Waals surface area contributed by atoms with Gasteiger partial charge in [-0.05, 0) is 57.8 Å². The van der Waals surface area contributed by atoms with Crippen molar-refractivity contribution >= 4 is 34.9 Å². The minimum absolute atomic E-state index is 0.00679. The third kappa shape index (κ3) is 8.68. The standard InChI is InChI=1S/C26H36ClF2N5O3.O2S/c1-4-34-23(21(27)22(33-34)24(35)31-14-26(36)9-7-15(2)8-10-26)18-13-30-20(12-19(18)37-25(28)29)32-16(3)11-17-5-6-17;1-3-2/h12-13,15-17,25,36H,4-11,14H2,1-3H3,(H,30,32)(H,31,35);. The number of aliphatic hydroxyl groups is 1. The molecular weight excluding hydrogens is 568 g/mol. The summed E-state index contributed by atoms with van der Waals surface area (Å²) in [6, 6.07) is 1.56. The van der Waals surface area contributed by atoms with Gasteiger partial charge in [0.15, 0.2) is 5.69 Å². The lowest BCUT2D eigenvalue weighted by molar-refractivity contribution is -0.0494. The van der Waals surface area contributed by atoms with Crippen LogP contribution in [-0.4, -0.2) is 59.0 Å². The van der Waals surface area contributed by atoms with Crippen LogP contribution in [0, 0.1) is 11.8 Å². The Morgan fingerprint density at radius 1 is 1.30 bits per heavy atom. The molecule has 3 N–H and O–H groups in total. The number of halogens is 3. The van der Waals surface area contributed by atoms with E-state index >= 15 is 0 Å². The fraction of sp³-hybridized carbons (Fsp3) is 0.654. The maximum atomic E-state index is 13.3. The summed E-state index contributed by atoms with van der Waals surface area (Å²) >= 11 is 5.87. The maximum Gasteiger partial charge on any atom is 0.387 e. The van der Waals surface area contributed by atoms with Gasteiger partial charge in [-0.2, -0.15) is 22.3 Å². The van der Waals surface area contributed by atoms with Crippen LogP contribution in [0.1, 0.15) is 76.2 Å². The molecule has 2 heterocycles. The zero-order valence-corrected chi connectivity index (χ0v) is 24.4. The molecule has 4 rings (SSSR count). The molecule has 2 saturated carbocycles. The number of aromatic nitrogens is 3. The lowest BCUT2D eigenvalue weighted by atomic mass is 9.79. The minimum atomic E-state index is -3.06. The summed E-state index contributed by atoms with van der Waals surface area (Å²) in [5.41, 5.74) is -0.541. The molecule has 2 aromatic heterocycles. The van der Waals surface area contributed by atoms with Gasteiger partial charge < -0.3 is 20.5 Å². The number of carbonyl (C=O) groups is 1. The zero-order chi connectivity index (χ0) is 29.4. The van der Waals surface area contributed by atoms with Gasteiger partial charge in [0, 0.05) is 31.4 Å². The fourth-order valence-corrected chi connectivity index (χ4v) is 5.25. The highest BCUT2D eigenvalue weighted by Crippen LogP contribution is 2.39. The molecule has 222 valence electrons. The van der Waals surface area contributed by atoms with E-state index in [0.29, 0.717) is 37.0 Å². The Balaban J connectivity index is 0.00000141. The molecule has 2 fully saturated rings. The van der Waals surface area contributed by atoms with Crippen LogP contribution >= 0.6 is 11.6 Å². The summed E-state index contributed by atoms with van der Waals surface area (Å²) in [5, 5.41) is 21.2.